The third-order valence-corrected chi connectivity index (χ3v) is 4.69. The minimum absolute atomic E-state index is 0.0683. The third kappa shape index (κ3) is 4.82. The molecule has 1 aromatic rings. The minimum Gasteiger partial charge on any atom is -0.396 e. The Kier molecular flexibility index (Phi) is 6.20. The molecule has 1 aromatic heterocycles. The minimum atomic E-state index is -0.0683. The fourth-order valence-electron chi connectivity index (χ4n) is 2.46. The predicted molar refractivity (Wildman–Crippen MR) is 82.3 cm³/mol. The van der Waals surface area contributed by atoms with Crippen molar-refractivity contribution in [2.45, 2.75) is 25.7 Å². The van der Waals surface area contributed by atoms with E-state index >= 15 is 0 Å². The molecule has 0 bridgehead atoms. The molecule has 0 aliphatic carbocycles. The summed E-state index contributed by atoms with van der Waals surface area (Å²) in [5, 5.41) is 13.8. The van der Waals surface area contributed by atoms with E-state index in [0.717, 1.165) is 25.9 Å². The number of amides is 2. The Morgan fingerprint density at radius 3 is 2.76 bits per heavy atom. The fourth-order valence-corrected chi connectivity index (χ4v) is 3.10. The predicted octanol–water partition coefficient (Wildman–Crippen LogP) is 1.49. The molecular weight excluding hydrogens is 288 g/mol. The number of likely N-dealkylation sites (tertiary alicyclic amines) is 1. The quantitative estimate of drug-likeness (QED) is 0.782. The van der Waals surface area contributed by atoms with E-state index in [4.69, 9.17) is 5.11 Å². The van der Waals surface area contributed by atoms with Crippen LogP contribution in [0.5, 0.6) is 0 Å². The maximum Gasteiger partial charge on any atom is 0.261 e. The van der Waals surface area contributed by atoms with Crippen molar-refractivity contribution in [3.8, 4) is 0 Å². The molecule has 0 saturated carbocycles. The van der Waals surface area contributed by atoms with Crippen molar-refractivity contribution >= 4 is 23.2 Å². The maximum absolute atomic E-state index is 12.0. The summed E-state index contributed by atoms with van der Waals surface area (Å²) >= 11 is 1.41. The fraction of sp³-hybridized carbons (Fsp3) is 0.600. The highest BCUT2D eigenvalue weighted by atomic mass is 32.1. The largest absolute Gasteiger partial charge is 0.396 e. The first-order valence-corrected chi connectivity index (χ1v) is 8.29. The number of aliphatic hydroxyl groups excluding tert-OH is 1. The van der Waals surface area contributed by atoms with Gasteiger partial charge in [-0.15, -0.1) is 11.3 Å². The first-order chi connectivity index (χ1) is 10.2. The summed E-state index contributed by atoms with van der Waals surface area (Å²) in [7, 11) is 0. The van der Waals surface area contributed by atoms with Gasteiger partial charge >= 0.3 is 0 Å². The lowest BCUT2D eigenvalue weighted by Crippen LogP contribution is -2.39. The standard InChI is InChI=1S/C15H22N2O3S/c18-11-12-5-8-17(9-6-12)14(19)4-1-7-16-15(20)13-3-2-10-21-13/h2-3,10,12,18H,1,4-9,11H2,(H,16,20). The second-order valence-corrected chi connectivity index (χ2v) is 6.29. The molecule has 0 atom stereocenters. The molecule has 21 heavy (non-hydrogen) atoms. The first-order valence-electron chi connectivity index (χ1n) is 7.41. The molecule has 0 unspecified atom stereocenters. The summed E-state index contributed by atoms with van der Waals surface area (Å²) in [5.41, 5.74) is 0. The van der Waals surface area contributed by atoms with Crippen molar-refractivity contribution in [3.05, 3.63) is 22.4 Å². The Labute approximate surface area is 129 Å². The van der Waals surface area contributed by atoms with Gasteiger partial charge in [-0.1, -0.05) is 6.07 Å². The van der Waals surface area contributed by atoms with Crippen LogP contribution in [-0.2, 0) is 4.79 Å². The zero-order chi connectivity index (χ0) is 15.1. The highest BCUT2D eigenvalue weighted by Gasteiger charge is 2.21. The summed E-state index contributed by atoms with van der Waals surface area (Å²) in [6, 6.07) is 3.63. The number of nitrogens with one attached hydrogen (secondary N) is 1. The van der Waals surface area contributed by atoms with Crippen molar-refractivity contribution in [1.29, 1.82) is 0 Å². The summed E-state index contributed by atoms with van der Waals surface area (Å²) in [6.07, 6.45) is 2.90. The monoisotopic (exact) mass is 310 g/mol. The normalized spacial score (nSPS) is 16.0. The van der Waals surface area contributed by atoms with Gasteiger partial charge in [-0.25, -0.2) is 0 Å². The Bertz CT molecular complexity index is 453. The number of aliphatic hydroxyl groups is 1. The summed E-state index contributed by atoms with van der Waals surface area (Å²) < 4.78 is 0. The van der Waals surface area contributed by atoms with Gasteiger partial charge in [0.1, 0.15) is 0 Å². The van der Waals surface area contributed by atoms with Gasteiger partial charge in [-0.2, -0.15) is 0 Å². The van der Waals surface area contributed by atoms with Crippen LogP contribution in [0.15, 0.2) is 17.5 Å². The van der Waals surface area contributed by atoms with Crippen molar-refractivity contribution in [2.24, 2.45) is 5.92 Å². The second kappa shape index (κ2) is 8.14. The molecule has 0 spiro atoms. The highest BCUT2D eigenvalue weighted by Crippen LogP contribution is 2.17. The average Bonchev–Trinajstić information content (AvgIpc) is 3.05. The molecule has 6 heteroatoms. The number of hydrogen-bond donors (Lipinski definition) is 2. The zero-order valence-electron chi connectivity index (χ0n) is 12.1. The molecule has 0 radical (unpaired) electrons. The maximum atomic E-state index is 12.0. The lowest BCUT2D eigenvalue weighted by atomic mass is 9.97. The molecule has 1 saturated heterocycles. The van der Waals surface area contributed by atoms with Gasteiger partial charge in [-0.3, -0.25) is 9.59 Å². The van der Waals surface area contributed by atoms with Crippen LogP contribution in [0, 0.1) is 5.92 Å². The van der Waals surface area contributed by atoms with Crippen LogP contribution in [0.1, 0.15) is 35.4 Å². The summed E-state index contributed by atoms with van der Waals surface area (Å²) in [5.74, 6) is 0.428. The van der Waals surface area contributed by atoms with Gasteiger partial charge in [0.15, 0.2) is 0 Å². The molecule has 2 N–H and O–H groups in total. The van der Waals surface area contributed by atoms with Gasteiger partial charge in [0.2, 0.25) is 5.91 Å². The molecule has 2 heterocycles. The molecule has 2 rings (SSSR count). The van der Waals surface area contributed by atoms with Gasteiger partial charge in [0, 0.05) is 32.7 Å². The van der Waals surface area contributed by atoms with E-state index < -0.39 is 0 Å². The number of rotatable bonds is 6. The molecular formula is C15H22N2O3S. The first kappa shape index (κ1) is 16.0. The van der Waals surface area contributed by atoms with E-state index in [9.17, 15) is 9.59 Å². The third-order valence-electron chi connectivity index (χ3n) is 3.82. The molecule has 1 fully saturated rings. The van der Waals surface area contributed by atoms with Gasteiger partial charge in [-0.05, 0) is 36.6 Å². The van der Waals surface area contributed by atoms with Gasteiger partial charge < -0.3 is 15.3 Å². The SMILES string of the molecule is O=C(NCCCC(=O)N1CCC(CO)CC1)c1cccs1. The lowest BCUT2D eigenvalue weighted by Gasteiger charge is -2.31. The molecule has 116 valence electrons. The molecule has 0 aromatic carbocycles. The van der Waals surface area contributed by atoms with E-state index in [2.05, 4.69) is 5.32 Å². The Morgan fingerprint density at radius 2 is 2.14 bits per heavy atom. The van der Waals surface area contributed by atoms with Gasteiger partial charge in [0.05, 0.1) is 4.88 Å². The highest BCUT2D eigenvalue weighted by molar-refractivity contribution is 7.12. The lowest BCUT2D eigenvalue weighted by molar-refractivity contribution is -0.132. The van der Waals surface area contributed by atoms with Crippen LogP contribution in [0.4, 0.5) is 0 Å². The molecule has 5 nitrogen and oxygen atoms in total. The molecule has 1 aliphatic heterocycles. The van der Waals surface area contributed by atoms with Crippen LogP contribution in [0.3, 0.4) is 0 Å². The zero-order valence-corrected chi connectivity index (χ0v) is 12.9. The molecule has 2 amide bonds. The van der Waals surface area contributed by atoms with Crippen LogP contribution in [0.2, 0.25) is 0 Å². The van der Waals surface area contributed by atoms with E-state index in [0.29, 0.717) is 30.2 Å². The topological polar surface area (TPSA) is 69.6 Å². The van der Waals surface area contributed by atoms with E-state index in [1.54, 1.807) is 6.07 Å². The van der Waals surface area contributed by atoms with Crippen LogP contribution in [-0.4, -0.2) is 48.1 Å². The number of hydrogen-bond acceptors (Lipinski definition) is 4. The number of carbonyl (C=O) groups excluding carboxylic acids is 2. The number of nitrogens with zero attached hydrogens (tertiary/aromatic N) is 1. The van der Waals surface area contributed by atoms with E-state index in [1.165, 1.54) is 11.3 Å². The van der Waals surface area contributed by atoms with Crippen LogP contribution in [0.25, 0.3) is 0 Å². The van der Waals surface area contributed by atoms with E-state index in [1.807, 2.05) is 16.3 Å². The summed E-state index contributed by atoms with van der Waals surface area (Å²) in [6.45, 7) is 2.23. The average molecular weight is 310 g/mol. The number of piperidine rings is 1. The van der Waals surface area contributed by atoms with Gasteiger partial charge in [0.25, 0.3) is 5.91 Å². The van der Waals surface area contributed by atoms with Crippen molar-refractivity contribution < 1.29 is 14.7 Å². The van der Waals surface area contributed by atoms with Crippen LogP contribution < -0.4 is 5.32 Å². The molecule has 1 aliphatic rings. The summed E-state index contributed by atoms with van der Waals surface area (Å²) in [4.78, 5) is 26.3. The smallest absolute Gasteiger partial charge is 0.261 e. The Balaban J connectivity index is 1.60. The van der Waals surface area contributed by atoms with Crippen molar-refractivity contribution in [2.75, 3.05) is 26.2 Å². The van der Waals surface area contributed by atoms with Crippen LogP contribution >= 0.6 is 11.3 Å². The number of carbonyl (C=O) groups is 2. The van der Waals surface area contributed by atoms with Crippen molar-refractivity contribution in [1.82, 2.24) is 10.2 Å². The Hall–Kier alpha value is -1.40. The second-order valence-electron chi connectivity index (χ2n) is 5.34. The Morgan fingerprint density at radius 1 is 1.38 bits per heavy atom. The van der Waals surface area contributed by atoms with Crippen molar-refractivity contribution in [3.63, 3.8) is 0 Å². The number of thiophene rings is 1. The van der Waals surface area contributed by atoms with E-state index in [-0.39, 0.29) is 18.4 Å².